The summed E-state index contributed by atoms with van der Waals surface area (Å²) in [4.78, 5) is 78.5. The predicted octanol–water partition coefficient (Wildman–Crippen LogP) is -1.07. The Labute approximate surface area is 235 Å². The van der Waals surface area contributed by atoms with Gasteiger partial charge >= 0.3 is 5.97 Å². The molecule has 0 aromatic heterocycles. The second-order valence-corrected chi connectivity index (χ2v) is 10.5. The van der Waals surface area contributed by atoms with Crippen LogP contribution in [0.5, 0.6) is 0 Å². The zero-order valence-corrected chi connectivity index (χ0v) is 24.8. The van der Waals surface area contributed by atoms with Gasteiger partial charge in [-0.2, -0.15) is 0 Å². The molecule has 0 aromatic carbocycles. The third kappa shape index (κ3) is 8.30. The third-order valence-electron chi connectivity index (χ3n) is 7.60. The van der Waals surface area contributed by atoms with Gasteiger partial charge < -0.3 is 36.4 Å². The molecule has 7 atom stereocenters. The van der Waals surface area contributed by atoms with Crippen LogP contribution in [0.3, 0.4) is 0 Å². The number of likely N-dealkylation sites (N-methyl/N-ethyl adjacent to an activating group) is 3. The van der Waals surface area contributed by atoms with Crippen LogP contribution in [-0.4, -0.2) is 111 Å². The highest BCUT2D eigenvalue weighted by Crippen LogP contribution is 2.30. The van der Waals surface area contributed by atoms with Crippen molar-refractivity contribution in [3.8, 4) is 0 Å². The maximum Gasteiger partial charge on any atom is 0.344 e. The molecule has 0 aromatic rings. The normalized spacial score (nSPS) is 19.2. The summed E-state index contributed by atoms with van der Waals surface area (Å²) < 4.78 is 0. The summed E-state index contributed by atoms with van der Waals surface area (Å²) in [7, 11) is 4.17. The number of carboxylic acid groups (broad SMARTS) is 1. The first-order valence-corrected chi connectivity index (χ1v) is 13.5. The summed E-state index contributed by atoms with van der Waals surface area (Å²) in [5, 5.41) is 51.2. The van der Waals surface area contributed by atoms with E-state index in [0.717, 1.165) is 6.92 Å². The quantitative estimate of drug-likeness (QED) is 0.0814. The number of aliphatic carboxylic acids is 1. The Hall–Kier alpha value is -2.42. The number of hydrogen-bond acceptors (Lipinski definition) is 12. The summed E-state index contributed by atoms with van der Waals surface area (Å²) in [6, 6.07) is -3.28. The van der Waals surface area contributed by atoms with E-state index in [2.05, 4.69) is 16.0 Å². The smallest absolute Gasteiger partial charge is 0.344 e. The van der Waals surface area contributed by atoms with Crippen LogP contribution in [0.1, 0.15) is 73.1 Å². The molecule has 0 radical (unpaired) electrons. The van der Waals surface area contributed by atoms with Gasteiger partial charge in [-0.25, -0.2) is 4.79 Å². The highest BCUT2D eigenvalue weighted by atomic mass is 16.4. The van der Waals surface area contributed by atoms with Crippen molar-refractivity contribution < 1.29 is 49.2 Å². The fourth-order valence-electron chi connectivity index (χ4n) is 4.39. The van der Waals surface area contributed by atoms with Crippen molar-refractivity contribution in [3.05, 3.63) is 0 Å². The van der Waals surface area contributed by atoms with Gasteiger partial charge in [0, 0.05) is 0 Å². The van der Waals surface area contributed by atoms with Crippen LogP contribution >= 0.6 is 0 Å². The van der Waals surface area contributed by atoms with Gasteiger partial charge in [0.15, 0.2) is 34.3 Å². The van der Waals surface area contributed by atoms with Crippen molar-refractivity contribution in [1.82, 2.24) is 16.0 Å². The summed E-state index contributed by atoms with van der Waals surface area (Å²) in [6.45, 7) is 7.33. The van der Waals surface area contributed by atoms with Crippen molar-refractivity contribution >= 4 is 34.9 Å². The fraction of sp³-hybridized carbons (Fsp3) is 0.778. The maximum absolute atomic E-state index is 13.8. The van der Waals surface area contributed by atoms with E-state index in [9.17, 15) is 49.2 Å². The largest absolute Gasteiger partial charge is 0.479 e. The zero-order valence-electron chi connectivity index (χ0n) is 24.8. The van der Waals surface area contributed by atoms with Gasteiger partial charge in [0.05, 0.1) is 31.0 Å². The van der Waals surface area contributed by atoms with Crippen molar-refractivity contribution in [2.24, 2.45) is 5.92 Å². The molecule has 4 unspecified atom stereocenters. The van der Waals surface area contributed by atoms with Gasteiger partial charge in [-0.05, 0) is 47.3 Å². The van der Waals surface area contributed by atoms with Crippen molar-refractivity contribution in [2.75, 3.05) is 21.1 Å². The van der Waals surface area contributed by atoms with Crippen molar-refractivity contribution in [2.45, 2.75) is 108 Å². The molecule has 0 amide bonds. The first-order valence-electron chi connectivity index (χ1n) is 13.5. The number of ketones is 5. The molecule has 13 nitrogen and oxygen atoms in total. The number of rotatable bonds is 21. The Morgan fingerprint density at radius 3 is 1.75 bits per heavy atom. The fourth-order valence-corrected chi connectivity index (χ4v) is 4.39. The molecule has 0 saturated heterocycles. The Bertz CT molecular complexity index is 953. The summed E-state index contributed by atoms with van der Waals surface area (Å²) in [6.07, 6.45) is -0.935. The van der Waals surface area contributed by atoms with E-state index in [-0.39, 0.29) is 6.42 Å². The van der Waals surface area contributed by atoms with E-state index in [0.29, 0.717) is 19.3 Å². The average Bonchev–Trinajstić information content (AvgIpc) is 2.91. The third-order valence-corrected chi connectivity index (χ3v) is 7.60. The van der Waals surface area contributed by atoms with Crippen molar-refractivity contribution in [1.29, 1.82) is 0 Å². The summed E-state index contributed by atoms with van der Waals surface area (Å²) >= 11 is 0. The van der Waals surface area contributed by atoms with E-state index in [1.54, 1.807) is 13.8 Å². The van der Waals surface area contributed by atoms with E-state index < -0.39 is 88.6 Å². The predicted molar refractivity (Wildman–Crippen MR) is 146 cm³/mol. The van der Waals surface area contributed by atoms with Crippen molar-refractivity contribution in [3.63, 3.8) is 0 Å². The minimum absolute atomic E-state index is 0.266. The van der Waals surface area contributed by atoms with Crippen LogP contribution in [-0.2, 0) is 28.8 Å². The van der Waals surface area contributed by atoms with Gasteiger partial charge in [0.2, 0.25) is 11.4 Å². The van der Waals surface area contributed by atoms with Gasteiger partial charge in [-0.3, -0.25) is 24.0 Å². The lowest BCUT2D eigenvalue weighted by molar-refractivity contribution is -0.181. The first-order chi connectivity index (χ1) is 18.4. The number of carbonyl (C=O) groups excluding carboxylic acids is 5. The Kier molecular flexibility index (Phi) is 14.6. The zero-order chi connectivity index (χ0) is 31.6. The lowest BCUT2D eigenvalue weighted by Gasteiger charge is -2.37. The maximum atomic E-state index is 13.8. The van der Waals surface area contributed by atoms with Gasteiger partial charge in [0.25, 0.3) is 0 Å². The molecule has 0 fully saturated rings. The van der Waals surface area contributed by atoms with E-state index >= 15 is 0 Å². The number of unbranched alkanes of at least 4 members (excludes halogenated alkanes) is 1. The first kappa shape index (κ1) is 37.6. The molecule has 0 bridgehead atoms. The standard InChI is InChI=1S/C27H47N3O10/c1-9-11-12-17(29-7)18(31)13-27(40,24(36)37)23(35)26(39,22(34)20(30-8)15(3)10-2)14-19(32)25(5,38)21(33)16(4)28-6/h15-17,20,28-30,38-40H,9-14H2,1-8H3,(H,36,37)/t15?,16-,17-,20-,25?,26?,27?/m0/s1. The average molecular weight is 574 g/mol. The second-order valence-electron chi connectivity index (χ2n) is 10.5. The minimum Gasteiger partial charge on any atom is -0.479 e. The topological polar surface area (TPSA) is 219 Å². The van der Waals surface area contributed by atoms with Crippen LogP contribution < -0.4 is 16.0 Å². The summed E-state index contributed by atoms with van der Waals surface area (Å²) in [5.41, 5.74) is -9.92. The molecule has 40 heavy (non-hydrogen) atoms. The molecule has 13 heteroatoms. The highest BCUT2D eigenvalue weighted by Gasteiger charge is 2.61. The Balaban J connectivity index is 6.93. The molecule has 7 N–H and O–H groups in total. The van der Waals surface area contributed by atoms with Crippen LogP contribution in [0.2, 0.25) is 0 Å². The summed E-state index contributed by atoms with van der Waals surface area (Å²) in [5.74, 6) is -9.49. The monoisotopic (exact) mass is 573 g/mol. The molecule has 0 aliphatic carbocycles. The van der Waals surface area contributed by atoms with Gasteiger partial charge in [-0.15, -0.1) is 0 Å². The number of Topliss-reactive ketones (excluding diaryl/α,β-unsaturated/α-hetero) is 5. The Morgan fingerprint density at radius 2 is 1.35 bits per heavy atom. The van der Waals surface area contributed by atoms with Crippen LogP contribution in [0.25, 0.3) is 0 Å². The number of carbonyl (C=O) groups is 6. The molecule has 0 aliphatic rings. The Morgan fingerprint density at radius 1 is 0.800 bits per heavy atom. The van der Waals surface area contributed by atoms with Crippen LogP contribution in [0.15, 0.2) is 0 Å². The molecule has 230 valence electrons. The molecular weight excluding hydrogens is 526 g/mol. The molecule has 0 saturated carbocycles. The van der Waals surface area contributed by atoms with E-state index in [4.69, 9.17) is 0 Å². The minimum atomic E-state index is -3.61. The van der Waals surface area contributed by atoms with Crippen LogP contribution in [0.4, 0.5) is 0 Å². The number of carboxylic acids is 1. The molecule has 0 spiro atoms. The highest BCUT2D eigenvalue weighted by molar-refractivity contribution is 6.25. The molecule has 0 rings (SSSR count). The second kappa shape index (κ2) is 15.5. The van der Waals surface area contributed by atoms with Gasteiger partial charge in [-0.1, -0.05) is 40.0 Å². The van der Waals surface area contributed by atoms with Crippen LogP contribution in [0, 0.1) is 5.92 Å². The molecule has 0 heterocycles. The lowest BCUT2D eigenvalue weighted by Crippen LogP contribution is -2.67. The number of aliphatic hydroxyl groups is 3. The van der Waals surface area contributed by atoms with E-state index in [1.807, 2.05) is 6.92 Å². The molecular formula is C27H47N3O10. The van der Waals surface area contributed by atoms with Gasteiger partial charge in [0.1, 0.15) is 0 Å². The SMILES string of the molecule is CCCC[C@H](NC)C(=O)CC(O)(C(=O)O)C(=O)C(O)(CC(=O)C(C)(O)C(=O)[C@H](C)NC)C(=O)[C@@H](NC)C(C)CC. The van der Waals surface area contributed by atoms with E-state index in [1.165, 1.54) is 28.1 Å². The number of nitrogens with one attached hydrogen (secondary N) is 3. The lowest BCUT2D eigenvalue weighted by atomic mass is 9.71. The molecule has 0 aliphatic heterocycles. The number of hydrogen-bond donors (Lipinski definition) is 7.